The number of nitrogen functional groups attached to an aromatic ring is 1. The number of aromatic nitrogens is 2. The van der Waals surface area contributed by atoms with Gasteiger partial charge in [0.2, 0.25) is 5.88 Å². The lowest BCUT2D eigenvalue weighted by molar-refractivity contribution is 0.464. The van der Waals surface area contributed by atoms with E-state index in [4.69, 9.17) is 10.5 Å². The van der Waals surface area contributed by atoms with Gasteiger partial charge >= 0.3 is 0 Å². The van der Waals surface area contributed by atoms with Crippen molar-refractivity contribution in [1.29, 1.82) is 0 Å². The molecule has 5 heteroatoms. The summed E-state index contributed by atoms with van der Waals surface area (Å²) in [6, 6.07) is 18.1. The third-order valence-electron chi connectivity index (χ3n) is 4.05. The van der Waals surface area contributed by atoms with Crippen molar-refractivity contribution >= 4 is 11.5 Å². The van der Waals surface area contributed by atoms with Crippen LogP contribution in [0.3, 0.4) is 0 Å². The predicted octanol–water partition coefficient (Wildman–Crippen LogP) is 4.59. The fraction of sp³-hybridized carbons (Fsp3) is 0.200. The van der Waals surface area contributed by atoms with E-state index in [1.807, 2.05) is 42.5 Å². The minimum Gasteiger partial charge on any atom is -0.437 e. The summed E-state index contributed by atoms with van der Waals surface area (Å²) >= 11 is 0. The molecule has 128 valence electrons. The summed E-state index contributed by atoms with van der Waals surface area (Å²) in [5, 5.41) is 3.31. The van der Waals surface area contributed by atoms with Gasteiger partial charge in [-0.1, -0.05) is 49.4 Å². The number of benzene rings is 2. The van der Waals surface area contributed by atoms with E-state index in [1.165, 1.54) is 11.9 Å². The van der Waals surface area contributed by atoms with Crippen molar-refractivity contribution in [2.45, 2.75) is 26.3 Å². The first-order valence-electron chi connectivity index (χ1n) is 8.36. The number of nitrogens with two attached hydrogens (primary N) is 1. The number of rotatable bonds is 6. The lowest BCUT2D eigenvalue weighted by Gasteiger charge is -2.17. The molecule has 0 saturated carbocycles. The van der Waals surface area contributed by atoms with Gasteiger partial charge in [0.25, 0.3) is 0 Å². The van der Waals surface area contributed by atoms with Gasteiger partial charge in [-0.25, -0.2) is 4.98 Å². The molecule has 0 aliphatic heterocycles. The predicted molar refractivity (Wildman–Crippen MR) is 101 cm³/mol. The molecule has 0 fully saturated rings. The van der Waals surface area contributed by atoms with Crippen LogP contribution in [0.4, 0.5) is 11.5 Å². The van der Waals surface area contributed by atoms with Crippen LogP contribution in [0.5, 0.6) is 11.6 Å². The van der Waals surface area contributed by atoms with Gasteiger partial charge in [-0.2, -0.15) is 4.98 Å². The van der Waals surface area contributed by atoms with Crippen LogP contribution in [0.2, 0.25) is 0 Å². The quantitative estimate of drug-likeness (QED) is 0.690. The molecule has 0 spiro atoms. The maximum Gasteiger partial charge on any atom is 0.248 e. The number of nitrogens with zero attached hydrogens (tertiary/aromatic N) is 2. The third-order valence-corrected chi connectivity index (χ3v) is 4.05. The Labute approximate surface area is 147 Å². The van der Waals surface area contributed by atoms with Crippen LogP contribution in [-0.2, 0) is 6.42 Å². The number of aryl methyl sites for hydroxylation is 1. The maximum atomic E-state index is 6.20. The molecule has 3 rings (SSSR count). The van der Waals surface area contributed by atoms with E-state index in [-0.39, 0.29) is 6.04 Å². The molecule has 1 atom stereocenters. The molecule has 25 heavy (non-hydrogen) atoms. The minimum atomic E-state index is 0.0649. The first-order chi connectivity index (χ1) is 12.2. The molecule has 0 bridgehead atoms. The van der Waals surface area contributed by atoms with Crippen molar-refractivity contribution in [2.75, 3.05) is 11.1 Å². The summed E-state index contributed by atoms with van der Waals surface area (Å²) in [5.41, 5.74) is 9.00. The fourth-order valence-corrected chi connectivity index (χ4v) is 2.51. The molecule has 3 N–H and O–H groups in total. The molecule has 5 nitrogen and oxygen atoms in total. The number of nitrogens with one attached hydrogen (secondary N) is 1. The van der Waals surface area contributed by atoms with E-state index < -0.39 is 0 Å². The molecule has 3 aromatic rings. The number of ether oxygens (including phenoxy) is 1. The van der Waals surface area contributed by atoms with E-state index >= 15 is 0 Å². The van der Waals surface area contributed by atoms with E-state index in [0.29, 0.717) is 23.1 Å². The Hall–Kier alpha value is -3.08. The summed E-state index contributed by atoms with van der Waals surface area (Å²) in [6.45, 7) is 4.17. The Morgan fingerprint density at radius 1 is 1.04 bits per heavy atom. The van der Waals surface area contributed by atoms with Crippen molar-refractivity contribution in [3.05, 3.63) is 72.1 Å². The molecule has 1 heterocycles. The van der Waals surface area contributed by atoms with Gasteiger partial charge in [0.15, 0.2) is 5.82 Å². The summed E-state index contributed by atoms with van der Waals surface area (Å²) < 4.78 is 5.82. The van der Waals surface area contributed by atoms with Crippen molar-refractivity contribution in [2.24, 2.45) is 0 Å². The van der Waals surface area contributed by atoms with E-state index in [0.717, 1.165) is 12.0 Å². The third kappa shape index (κ3) is 4.07. The number of anilines is 2. The second-order valence-corrected chi connectivity index (χ2v) is 5.82. The summed E-state index contributed by atoms with van der Waals surface area (Å²) in [7, 11) is 0. The van der Waals surface area contributed by atoms with Gasteiger partial charge in [-0.3, -0.25) is 0 Å². The molecule has 0 aliphatic rings. The summed E-state index contributed by atoms with van der Waals surface area (Å²) in [5.74, 6) is 1.61. The van der Waals surface area contributed by atoms with Crippen LogP contribution in [0.1, 0.15) is 31.0 Å². The average molecular weight is 334 g/mol. The van der Waals surface area contributed by atoms with E-state index in [2.05, 4.69) is 41.3 Å². The Morgan fingerprint density at radius 3 is 2.44 bits per heavy atom. The van der Waals surface area contributed by atoms with E-state index in [1.54, 1.807) is 0 Å². The topological polar surface area (TPSA) is 73.1 Å². The molecule has 0 radical (unpaired) electrons. The van der Waals surface area contributed by atoms with Gasteiger partial charge in [0, 0.05) is 0 Å². The highest BCUT2D eigenvalue weighted by atomic mass is 16.5. The highest BCUT2D eigenvalue weighted by Gasteiger charge is 2.13. The normalized spacial score (nSPS) is 11.8. The monoisotopic (exact) mass is 334 g/mol. The zero-order valence-corrected chi connectivity index (χ0v) is 14.4. The zero-order chi connectivity index (χ0) is 17.6. The first-order valence-corrected chi connectivity index (χ1v) is 8.36. The highest BCUT2D eigenvalue weighted by molar-refractivity contribution is 5.67. The first kappa shape index (κ1) is 16.8. The van der Waals surface area contributed by atoms with Crippen molar-refractivity contribution in [1.82, 2.24) is 9.97 Å². The molecular weight excluding hydrogens is 312 g/mol. The molecule has 0 saturated heterocycles. The number of hydrogen-bond donors (Lipinski definition) is 2. The van der Waals surface area contributed by atoms with Crippen molar-refractivity contribution < 1.29 is 4.74 Å². The van der Waals surface area contributed by atoms with Gasteiger partial charge < -0.3 is 15.8 Å². The van der Waals surface area contributed by atoms with Crippen LogP contribution < -0.4 is 15.8 Å². The number of hydrogen-bond acceptors (Lipinski definition) is 5. The molecule has 0 aliphatic carbocycles. The molecule has 0 amide bonds. The van der Waals surface area contributed by atoms with Gasteiger partial charge in [0.05, 0.1) is 6.04 Å². The van der Waals surface area contributed by atoms with Crippen molar-refractivity contribution in [3.8, 4) is 11.6 Å². The lowest BCUT2D eigenvalue weighted by Crippen LogP contribution is -2.11. The van der Waals surface area contributed by atoms with Crippen molar-refractivity contribution in [3.63, 3.8) is 0 Å². The van der Waals surface area contributed by atoms with Gasteiger partial charge in [-0.15, -0.1) is 0 Å². The average Bonchev–Trinajstić information content (AvgIpc) is 2.66. The van der Waals surface area contributed by atoms with Crippen LogP contribution in [-0.4, -0.2) is 9.97 Å². The summed E-state index contributed by atoms with van der Waals surface area (Å²) in [6.07, 6.45) is 2.44. The second kappa shape index (κ2) is 7.66. The summed E-state index contributed by atoms with van der Waals surface area (Å²) in [4.78, 5) is 8.40. The second-order valence-electron chi connectivity index (χ2n) is 5.82. The molecule has 1 unspecified atom stereocenters. The van der Waals surface area contributed by atoms with Crippen LogP contribution in [0.25, 0.3) is 0 Å². The van der Waals surface area contributed by atoms with Crippen LogP contribution in [0, 0.1) is 0 Å². The molecule has 2 aromatic carbocycles. The standard InChI is InChI=1S/C20H22N4O/c1-3-15-9-11-17(12-10-15)25-20-18(21)19(22-13-23-20)24-14(2)16-7-5-4-6-8-16/h4-14H,3,21H2,1-2H3,(H,22,23,24). The van der Waals surface area contributed by atoms with Crippen LogP contribution >= 0.6 is 0 Å². The van der Waals surface area contributed by atoms with E-state index in [9.17, 15) is 0 Å². The fourth-order valence-electron chi connectivity index (χ4n) is 2.51. The highest BCUT2D eigenvalue weighted by Crippen LogP contribution is 2.31. The smallest absolute Gasteiger partial charge is 0.248 e. The Morgan fingerprint density at radius 2 is 1.76 bits per heavy atom. The Balaban J connectivity index is 1.77. The lowest BCUT2D eigenvalue weighted by atomic mass is 10.1. The Kier molecular flexibility index (Phi) is 5.14. The molecular formula is C20H22N4O. The molecule has 1 aromatic heterocycles. The Bertz CT molecular complexity index is 819. The zero-order valence-electron chi connectivity index (χ0n) is 14.4. The maximum absolute atomic E-state index is 6.20. The largest absolute Gasteiger partial charge is 0.437 e. The van der Waals surface area contributed by atoms with Crippen LogP contribution in [0.15, 0.2) is 60.9 Å². The van der Waals surface area contributed by atoms with Gasteiger partial charge in [0.1, 0.15) is 17.8 Å². The van der Waals surface area contributed by atoms with Gasteiger partial charge in [-0.05, 0) is 36.6 Å². The SMILES string of the molecule is CCc1ccc(Oc2ncnc(NC(C)c3ccccc3)c2N)cc1. The minimum absolute atomic E-state index is 0.0649.